The van der Waals surface area contributed by atoms with Crippen LogP contribution in [0.3, 0.4) is 0 Å². The average molecular weight is 358 g/mol. The van der Waals surface area contributed by atoms with E-state index in [1.54, 1.807) is 12.1 Å². The van der Waals surface area contributed by atoms with Gasteiger partial charge in [-0.25, -0.2) is 0 Å². The van der Waals surface area contributed by atoms with Gasteiger partial charge in [-0.05, 0) is 35.4 Å². The van der Waals surface area contributed by atoms with Crippen molar-refractivity contribution in [3.8, 4) is 17.2 Å². The van der Waals surface area contributed by atoms with Gasteiger partial charge in [0.2, 0.25) is 11.8 Å². The lowest BCUT2D eigenvalue weighted by molar-refractivity contribution is 0.183. The zero-order valence-electron chi connectivity index (χ0n) is 14.5. The van der Waals surface area contributed by atoms with Gasteiger partial charge in [-0.3, -0.25) is 0 Å². The van der Waals surface area contributed by atoms with Crippen molar-refractivity contribution in [1.82, 2.24) is 10.2 Å². The van der Waals surface area contributed by atoms with Gasteiger partial charge in [-0.15, -0.1) is 10.2 Å². The fourth-order valence-corrected chi connectivity index (χ4v) is 2.70. The molecule has 5 heteroatoms. The molecule has 0 aliphatic rings. The summed E-state index contributed by atoms with van der Waals surface area (Å²) in [6, 6.07) is 26.6. The van der Waals surface area contributed by atoms with E-state index in [0.29, 0.717) is 23.8 Å². The molecule has 1 atom stereocenters. The summed E-state index contributed by atoms with van der Waals surface area (Å²) >= 11 is 0. The molecule has 5 nitrogen and oxygen atoms in total. The Morgan fingerprint density at radius 2 is 1.59 bits per heavy atom. The van der Waals surface area contributed by atoms with Crippen molar-refractivity contribution in [1.29, 1.82) is 0 Å². The van der Waals surface area contributed by atoms with Gasteiger partial charge in [0.25, 0.3) is 0 Å². The molecule has 0 aliphatic heterocycles. The maximum atomic E-state index is 10.6. The lowest BCUT2D eigenvalue weighted by Gasteiger charge is -2.10. The fraction of sp³-hybridized carbons (Fsp3) is 0.0909. The van der Waals surface area contributed by atoms with E-state index in [1.165, 1.54) is 0 Å². The van der Waals surface area contributed by atoms with Gasteiger partial charge in [0.1, 0.15) is 12.4 Å². The summed E-state index contributed by atoms with van der Waals surface area (Å²) in [5, 5.41) is 18.6. The third-order valence-electron chi connectivity index (χ3n) is 4.12. The minimum atomic E-state index is -1.02. The molecule has 0 bridgehead atoms. The summed E-state index contributed by atoms with van der Waals surface area (Å²) < 4.78 is 11.5. The molecule has 0 fully saturated rings. The van der Waals surface area contributed by atoms with Crippen LogP contribution in [-0.2, 0) is 6.61 Å². The monoisotopic (exact) mass is 358 g/mol. The van der Waals surface area contributed by atoms with Gasteiger partial charge in [-0.2, -0.15) is 0 Å². The summed E-state index contributed by atoms with van der Waals surface area (Å²) in [6.07, 6.45) is -1.02. The first kappa shape index (κ1) is 17.0. The molecule has 0 aliphatic carbocycles. The maximum Gasteiger partial charge on any atom is 0.249 e. The second-order valence-electron chi connectivity index (χ2n) is 6.06. The highest BCUT2D eigenvalue weighted by molar-refractivity contribution is 5.51. The molecule has 4 rings (SSSR count). The Morgan fingerprint density at radius 3 is 2.37 bits per heavy atom. The van der Waals surface area contributed by atoms with Crippen molar-refractivity contribution in [2.75, 3.05) is 0 Å². The van der Waals surface area contributed by atoms with Crippen LogP contribution in [0.2, 0.25) is 0 Å². The molecule has 0 spiro atoms. The molecular formula is C22H18N2O3. The Morgan fingerprint density at radius 1 is 0.852 bits per heavy atom. The molecule has 0 radical (unpaired) electrons. The molecule has 4 aromatic rings. The standard InChI is InChI=1S/C22H18N2O3/c25-20(22-24-23-21(27-22)17-10-5-2-6-11-17)18-12-7-13-19(14-18)26-15-16-8-3-1-4-9-16/h1-14,20,25H,15H2/t20-/m1/s1. The topological polar surface area (TPSA) is 68.4 Å². The van der Waals surface area contributed by atoms with Gasteiger partial charge in [0.05, 0.1) is 0 Å². The highest BCUT2D eigenvalue weighted by Crippen LogP contribution is 2.27. The third-order valence-corrected chi connectivity index (χ3v) is 4.12. The summed E-state index contributed by atoms with van der Waals surface area (Å²) in [6.45, 7) is 0.457. The molecule has 27 heavy (non-hydrogen) atoms. The van der Waals surface area contributed by atoms with Crippen LogP contribution in [0, 0.1) is 0 Å². The summed E-state index contributed by atoms with van der Waals surface area (Å²) in [7, 11) is 0. The molecule has 0 unspecified atom stereocenters. The number of ether oxygens (including phenoxy) is 1. The minimum Gasteiger partial charge on any atom is -0.489 e. The second kappa shape index (κ2) is 7.85. The van der Waals surface area contributed by atoms with Crippen LogP contribution in [-0.4, -0.2) is 15.3 Å². The van der Waals surface area contributed by atoms with Crippen LogP contribution in [0.25, 0.3) is 11.5 Å². The van der Waals surface area contributed by atoms with Gasteiger partial charge in [-0.1, -0.05) is 60.7 Å². The zero-order chi connectivity index (χ0) is 18.5. The summed E-state index contributed by atoms with van der Waals surface area (Å²) in [5.74, 6) is 1.19. The Balaban J connectivity index is 1.49. The quantitative estimate of drug-likeness (QED) is 0.553. The van der Waals surface area contributed by atoms with Crippen LogP contribution in [0.5, 0.6) is 5.75 Å². The van der Waals surface area contributed by atoms with Crippen molar-refractivity contribution in [3.05, 3.63) is 102 Å². The Labute approximate surface area is 156 Å². The van der Waals surface area contributed by atoms with Crippen LogP contribution in [0.15, 0.2) is 89.3 Å². The molecule has 1 N–H and O–H groups in total. The van der Waals surface area contributed by atoms with E-state index in [-0.39, 0.29) is 5.89 Å². The van der Waals surface area contributed by atoms with Crippen LogP contribution < -0.4 is 4.74 Å². The molecule has 3 aromatic carbocycles. The fourth-order valence-electron chi connectivity index (χ4n) is 2.70. The first-order valence-corrected chi connectivity index (χ1v) is 8.63. The van der Waals surface area contributed by atoms with Gasteiger partial charge in [0.15, 0.2) is 6.10 Å². The highest BCUT2D eigenvalue weighted by Gasteiger charge is 2.19. The van der Waals surface area contributed by atoms with E-state index in [0.717, 1.165) is 11.1 Å². The predicted molar refractivity (Wildman–Crippen MR) is 101 cm³/mol. The Kier molecular flexibility index (Phi) is 4.94. The van der Waals surface area contributed by atoms with E-state index in [2.05, 4.69) is 10.2 Å². The largest absolute Gasteiger partial charge is 0.489 e. The highest BCUT2D eigenvalue weighted by atomic mass is 16.5. The van der Waals surface area contributed by atoms with Gasteiger partial charge >= 0.3 is 0 Å². The summed E-state index contributed by atoms with van der Waals surface area (Å²) in [4.78, 5) is 0. The smallest absolute Gasteiger partial charge is 0.249 e. The molecular weight excluding hydrogens is 340 g/mol. The van der Waals surface area contributed by atoms with Crippen molar-refractivity contribution < 1.29 is 14.3 Å². The lowest BCUT2D eigenvalue weighted by Crippen LogP contribution is -2.01. The predicted octanol–water partition coefficient (Wildman–Crippen LogP) is 4.40. The van der Waals surface area contributed by atoms with Crippen LogP contribution in [0.1, 0.15) is 23.1 Å². The average Bonchev–Trinajstić information content (AvgIpc) is 3.24. The molecule has 0 saturated heterocycles. The number of aromatic nitrogens is 2. The van der Waals surface area contributed by atoms with E-state index in [9.17, 15) is 5.11 Å². The number of aliphatic hydroxyl groups excluding tert-OH is 1. The first-order chi connectivity index (χ1) is 13.3. The molecule has 0 saturated carbocycles. The molecule has 134 valence electrons. The van der Waals surface area contributed by atoms with E-state index < -0.39 is 6.10 Å². The van der Waals surface area contributed by atoms with Gasteiger partial charge in [0, 0.05) is 5.56 Å². The van der Waals surface area contributed by atoms with Crippen molar-refractivity contribution in [3.63, 3.8) is 0 Å². The van der Waals surface area contributed by atoms with Crippen molar-refractivity contribution >= 4 is 0 Å². The third kappa shape index (κ3) is 4.04. The Bertz CT molecular complexity index is 1000. The SMILES string of the molecule is O[C@H](c1cccc(OCc2ccccc2)c1)c1nnc(-c2ccccc2)o1. The number of benzene rings is 3. The number of rotatable bonds is 6. The van der Waals surface area contributed by atoms with Crippen molar-refractivity contribution in [2.24, 2.45) is 0 Å². The zero-order valence-corrected chi connectivity index (χ0v) is 14.5. The summed E-state index contributed by atoms with van der Waals surface area (Å²) in [5.41, 5.74) is 2.51. The number of nitrogens with zero attached hydrogens (tertiary/aromatic N) is 2. The van der Waals surface area contributed by atoms with Gasteiger partial charge < -0.3 is 14.3 Å². The maximum absolute atomic E-state index is 10.6. The van der Waals surface area contributed by atoms with E-state index in [1.807, 2.05) is 72.8 Å². The molecule has 1 aromatic heterocycles. The Hall–Kier alpha value is -3.44. The van der Waals surface area contributed by atoms with Crippen molar-refractivity contribution in [2.45, 2.75) is 12.7 Å². The van der Waals surface area contributed by atoms with Crippen LogP contribution >= 0.6 is 0 Å². The number of aliphatic hydroxyl groups is 1. The molecule has 1 heterocycles. The normalized spacial score (nSPS) is 11.9. The van der Waals surface area contributed by atoms with E-state index >= 15 is 0 Å². The van der Waals surface area contributed by atoms with Crippen LogP contribution in [0.4, 0.5) is 0 Å². The second-order valence-corrected chi connectivity index (χ2v) is 6.06. The first-order valence-electron chi connectivity index (χ1n) is 8.63. The molecule has 0 amide bonds. The number of hydrogen-bond acceptors (Lipinski definition) is 5. The van der Waals surface area contributed by atoms with E-state index in [4.69, 9.17) is 9.15 Å². The minimum absolute atomic E-state index is 0.147. The number of hydrogen-bond donors (Lipinski definition) is 1. The lowest BCUT2D eigenvalue weighted by atomic mass is 10.1.